The van der Waals surface area contributed by atoms with Crippen LogP contribution in [-0.2, 0) is 0 Å². The Kier molecular flexibility index (Phi) is 5.33. The molecule has 2 rings (SSSR count). The molecule has 118 valence electrons. The van der Waals surface area contributed by atoms with Crippen LogP contribution in [-0.4, -0.2) is 44.4 Å². The molecule has 1 aliphatic heterocycles. The summed E-state index contributed by atoms with van der Waals surface area (Å²) in [6.07, 6.45) is -2.11. The molecule has 0 amide bonds. The van der Waals surface area contributed by atoms with Gasteiger partial charge in [-0.3, -0.25) is 0 Å². The Bertz CT molecular complexity index is 443. The Balaban J connectivity index is 1.87. The molecule has 0 aromatic heterocycles. The van der Waals surface area contributed by atoms with Crippen LogP contribution < -0.4 is 10.1 Å². The fraction of sp³-hybridized carbons (Fsp3) is 0.600. The summed E-state index contributed by atoms with van der Waals surface area (Å²) in [6, 6.07) is 6.77. The zero-order chi connectivity index (χ0) is 15.3. The van der Waals surface area contributed by atoms with Gasteiger partial charge in [-0.2, -0.15) is 13.2 Å². The lowest BCUT2D eigenvalue weighted by molar-refractivity contribution is -0.153. The average Bonchev–Trinajstić information content (AvgIpc) is 2.44. The van der Waals surface area contributed by atoms with E-state index in [1.807, 2.05) is 0 Å². The van der Waals surface area contributed by atoms with Crippen molar-refractivity contribution in [3.8, 4) is 5.75 Å². The smallest absolute Gasteiger partial charge is 0.422 e. The van der Waals surface area contributed by atoms with Crippen molar-refractivity contribution in [2.45, 2.75) is 19.0 Å². The Hall–Kier alpha value is -1.43. The monoisotopic (exact) mass is 302 g/mol. The molecule has 1 aromatic rings. The number of anilines is 1. The maximum absolute atomic E-state index is 12.2. The third-order valence-corrected chi connectivity index (χ3v) is 3.70. The molecule has 21 heavy (non-hydrogen) atoms. The minimum absolute atomic E-state index is 0.253. The first-order valence-corrected chi connectivity index (χ1v) is 7.15. The Labute approximate surface area is 123 Å². The number of ether oxygens (including phenoxy) is 1. The third-order valence-electron chi connectivity index (χ3n) is 3.70. The van der Waals surface area contributed by atoms with Crippen molar-refractivity contribution in [1.82, 2.24) is 4.90 Å². The molecular formula is C15H21F3N2O. The summed E-state index contributed by atoms with van der Waals surface area (Å²) >= 11 is 0. The Morgan fingerprint density at radius 3 is 2.57 bits per heavy atom. The molecule has 0 unspecified atom stereocenters. The summed E-state index contributed by atoms with van der Waals surface area (Å²) < 4.78 is 41.6. The number of halogens is 3. The maximum Gasteiger partial charge on any atom is 0.422 e. The van der Waals surface area contributed by atoms with E-state index in [4.69, 9.17) is 4.74 Å². The van der Waals surface area contributed by atoms with Gasteiger partial charge in [0.1, 0.15) is 5.75 Å². The fourth-order valence-electron chi connectivity index (χ4n) is 2.42. The summed E-state index contributed by atoms with van der Waals surface area (Å²) in [6.45, 7) is 1.64. The van der Waals surface area contributed by atoms with E-state index in [9.17, 15) is 13.2 Å². The molecule has 3 nitrogen and oxygen atoms in total. The third kappa shape index (κ3) is 5.46. The highest BCUT2D eigenvalue weighted by molar-refractivity contribution is 5.56. The highest BCUT2D eigenvalue weighted by atomic mass is 19.4. The number of piperidine rings is 1. The number of alkyl halides is 3. The number of hydrogen-bond acceptors (Lipinski definition) is 3. The van der Waals surface area contributed by atoms with E-state index >= 15 is 0 Å². The summed E-state index contributed by atoms with van der Waals surface area (Å²) in [4.78, 5) is 2.29. The molecule has 6 heteroatoms. The molecule has 1 heterocycles. The predicted octanol–water partition coefficient (Wildman–Crippen LogP) is 3.38. The number of para-hydroxylation sites is 2. The largest absolute Gasteiger partial charge is 0.482 e. The highest BCUT2D eigenvalue weighted by Gasteiger charge is 2.28. The fourth-order valence-corrected chi connectivity index (χ4v) is 2.42. The number of benzene rings is 1. The second-order valence-corrected chi connectivity index (χ2v) is 5.53. The van der Waals surface area contributed by atoms with Crippen molar-refractivity contribution in [1.29, 1.82) is 0 Å². The van der Waals surface area contributed by atoms with Crippen LogP contribution in [0.25, 0.3) is 0 Å². The van der Waals surface area contributed by atoms with Gasteiger partial charge in [-0.1, -0.05) is 12.1 Å². The first-order valence-electron chi connectivity index (χ1n) is 7.15. The van der Waals surface area contributed by atoms with Gasteiger partial charge in [-0.25, -0.2) is 0 Å². The second-order valence-electron chi connectivity index (χ2n) is 5.53. The molecule has 0 saturated carbocycles. The first kappa shape index (κ1) is 15.9. The molecule has 0 atom stereocenters. The summed E-state index contributed by atoms with van der Waals surface area (Å²) in [5, 5.41) is 3.22. The maximum atomic E-state index is 12.2. The molecule has 1 fully saturated rings. The van der Waals surface area contributed by atoms with E-state index in [2.05, 4.69) is 17.3 Å². The quantitative estimate of drug-likeness (QED) is 0.902. The van der Waals surface area contributed by atoms with Crippen molar-refractivity contribution < 1.29 is 17.9 Å². The van der Waals surface area contributed by atoms with E-state index in [0.717, 1.165) is 32.5 Å². The second kappa shape index (κ2) is 7.02. The van der Waals surface area contributed by atoms with Crippen molar-refractivity contribution in [3.63, 3.8) is 0 Å². The number of likely N-dealkylation sites (tertiary alicyclic amines) is 1. The van der Waals surface area contributed by atoms with Crippen LogP contribution in [0.2, 0.25) is 0 Å². The predicted molar refractivity (Wildman–Crippen MR) is 76.7 cm³/mol. The van der Waals surface area contributed by atoms with Crippen LogP contribution in [0.5, 0.6) is 5.75 Å². The van der Waals surface area contributed by atoms with Crippen LogP contribution >= 0.6 is 0 Å². The lowest BCUT2D eigenvalue weighted by Crippen LogP contribution is -2.33. The minimum Gasteiger partial charge on any atom is -0.482 e. The Morgan fingerprint density at radius 1 is 1.24 bits per heavy atom. The number of rotatable bonds is 5. The van der Waals surface area contributed by atoms with Gasteiger partial charge in [0, 0.05) is 6.54 Å². The number of hydrogen-bond donors (Lipinski definition) is 1. The first-order chi connectivity index (χ1) is 9.94. The molecular weight excluding hydrogens is 281 g/mol. The van der Waals surface area contributed by atoms with Crippen molar-refractivity contribution in [2.75, 3.05) is 38.6 Å². The van der Waals surface area contributed by atoms with Gasteiger partial charge < -0.3 is 15.0 Å². The van der Waals surface area contributed by atoms with E-state index in [1.165, 1.54) is 0 Å². The van der Waals surface area contributed by atoms with Crippen LogP contribution in [0.3, 0.4) is 0 Å². The molecule has 0 radical (unpaired) electrons. The molecule has 0 bridgehead atoms. The highest BCUT2D eigenvalue weighted by Crippen LogP contribution is 2.27. The summed E-state index contributed by atoms with van der Waals surface area (Å²) in [5.41, 5.74) is 0.626. The number of nitrogens with zero attached hydrogens (tertiary/aromatic N) is 1. The van der Waals surface area contributed by atoms with Crippen LogP contribution in [0.1, 0.15) is 12.8 Å². The van der Waals surface area contributed by atoms with E-state index in [1.54, 1.807) is 24.3 Å². The van der Waals surface area contributed by atoms with Gasteiger partial charge in [-0.15, -0.1) is 0 Å². The lowest BCUT2D eigenvalue weighted by atomic mass is 9.97. The van der Waals surface area contributed by atoms with E-state index in [-0.39, 0.29) is 5.75 Å². The number of nitrogens with one attached hydrogen (secondary N) is 1. The van der Waals surface area contributed by atoms with Gasteiger partial charge in [0.2, 0.25) is 0 Å². The van der Waals surface area contributed by atoms with Crippen molar-refractivity contribution in [3.05, 3.63) is 24.3 Å². The molecule has 0 aliphatic carbocycles. The van der Waals surface area contributed by atoms with Crippen molar-refractivity contribution in [2.24, 2.45) is 5.92 Å². The van der Waals surface area contributed by atoms with Gasteiger partial charge >= 0.3 is 6.18 Å². The standard InChI is InChI=1S/C15H21F3N2O/c1-20-8-6-12(7-9-20)10-19-13-4-2-3-5-14(13)21-11-15(16,17)18/h2-5,12,19H,6-11H2,1H3. The van der Waals surface area contributed by atoms with Crippen LogP contribution in [0.4, 0.5) is 18.9 Å². The van der Waals surface area contributed by atoms with Gasteiger partial charge in [-0.05, 0) is 51.0 Å². The topological polar surface area (TPSA) is 24.5 Å². The SMILES string of the molecule is CN1CCC(CNc2ccccc2OCC(F)(F)F)CC1. The molecule has 0 spiro atoms. The van der Waals surface area contributed by atoms with Gasteiger partial charge in [0.25, 0.3) is 0 Å². The molecule has 1 aliphatic rings. The minimum atomic E-state index is -4.32. The zero-order valence-electron chi connectivity index (χ0n) is 12.1. The van der Waals surface area contributed by atoms with Gasteiger partial charge in [0.15, 0.2) is 6.61 Å². The Morgan fingerprint density at radius 2 is 1.90 bits per heavy atom. The van der Waals surface area contributed by atoms with E-state index < -0.39 is 12.8 Å². The molecule has 1 aromatic carbocycles. The normalized spacial score (nSPS) is 17.7. The average molecular weight is 302 g/mol. The molecule has 1 N–H and O–H groups in total. The summed E-state index contributed by atoms with van der Waals surface area (Å²) in [5.74, 6) is 0.805. The lowest BCUT2D eigenvalue weighted by Gasteiger charge is -2.29. The van der Waals surface area contributed by atoms with Crippen molar-refractivity contribution >= 4 is 5.69 Å². The molecule has 1 saturated heterocycles. The van der Waals surface area contributed by atoms with E-state index in [0.29, 0.717) is 11.6 Å². The summed E-state index contributed by atoms with van der Waals surface area (Å²) in [7, 11) is 2.10. The van der Waals surface area contributed by atoms with Gasteiger partial charge in [0.05, 0.1) is 5.69 Å². The van der Waals surface area contributed by atoms with Crippen LogP contribution in [0.15, 0.2) is 24.3 Å². The van der Waals surface area contributed by atoms with Crippen LogP contribution in [0, 0.1) is 5.92 Å². The zero-order valence-corrected chi connectivity index (χ0v) is 12.1.